The molecule has 0 saturated carbocycles. The summed E-state index contributed by atoms with van der Waals surface area (Å²) in [6.45, 7) is 3.94. The smallest absolute Gasteiger partial charge is 0.209 e. The first-order valence-corrected chi connectivity index (χ1v) is 7.47. The van der Waals surface area contributed by atoms with Crippen molar-refractivity contribution >= 4 is 33.1 Å². The minimum Gasteiger partial charge on any atom is -0.235 e. The number of nitrogens with two attached hydrogens (primary N) is 1. The lowest BCUT2D eigenvalue weighted by Gasteiger charge is -1.95. The highest BCUT2D eigenvalue weighted by atomic mass is 32.2. The molecule has 0 aliphatic heterocycles. The van der Waals surface area contributed by atoms with Gasteiger partial charge in [-0.2, -0.15) is 0 Å². The van der Waals surface area contributed by atoms with Crippen LogP contribution in [0.25, 0.3) is 0 Å². The Kier molecular flexibility index (Phi) is 3.94. The van der Waals surface area contributed by atoms with Gasteiger partial charge in [0, 0.05) is 10.6 Å². The molecule has 0 aliphatic carbocycles. The van der Waals surface area contributed by atoms with E-state index < -0.39 is 10.0 Å². The van der Waals surface area contributed by atoms with Crippen molar-refractivity contribution in [2.75, 3.05) is 11.5 Å². The summed E-state index contributed by atoms with van der Waals surface area (Å²) in [5.41, 5.74) is 1.01. The van der Waals surface area contributed by atoms with Gasteiger partial charge in [-0.25, -0.2) is 18.5 Å². The summed E-state index contributed by atoms with van der Waals surface area (Å²) in [5, 5.41) is 4.88. The minimum atomic E-state index is -3.34. The molecule has 0 radical (unpaired) electrons. The minimum absolute atomic E-state index is 0.00462. The number of thioether (sulfide) groups is 1. The molecule has 80 valence electrons. The van der Waals surface area contributed by atoms with E-state index in [2.05, 4.69) is 4.98 Å². The monoisotopic (exact) mass is 252 g/mol. The SMILES string of the molecule is Cc1nc(SCCS(N)(=O)=O)sc1C. The molecular formula is C7H12N2O2S3. The third-order valence-corrected chi connectivity index (χ3v) is 4.85. The predicted molar refractivity (Wildman–Crippen MR) is 60.3 cm³/mol. The highest BCUT2D eigenvalue weighted by Gasteiger charge is 2.06. The fraction of sp³-hybridized carbons (Fsp3) is 0.571. The Balaban J connectivity index is 2.47. The Morgan fingerprint density at radius 3 is 2.57 bits per heavy atom. The molecule has 0 aliphatic rings. The Labute approximate surface area is 92.0 Å². The van der Waals surface area contributed by atoms with Crippen LogP contribution >= 0.6 is 23.1 Å². The normalized spacial score (nSPS) is 11.9. The fourth-order valence-corrected chi connectivity index (χ4v) is 3.89. The highest BCUT2D eigenvalue weighted by Crippen LogP contribution is 2.26. The van der Waals surface area contributed by atoms with Crippen molar-refractivity contribution in [1.82, 2.24) is 4.98 Å². The van der Waals surface area contributed by atoms with Gasteiger partial charge in [-0.15, -0.1) is 11.3 Å². The zero-order chi connectivity index (χ0) is 10.8. The molecule has 2 N–H and O–H groups in total. The Hall–Kier alpha value is -0.110. The fourth-order valence-electron chi connectivity index (χ4n) is 0.750. The van der Waals surface area contributed by atoms with Gasteiger partial charge in [0.1, 0.15) is 4.34 Å². The van der Waals surface area contributed by atoms with E-state index in [9.17, 15) is 8.42 Å². The number of primary sulfonamides is 1. The largest absolute Gasteiger partial charge is 0.235 e. The van der Waals surface area contributed by atoms with E-state index >= 15 is 0 Å². The van der Waals surface area contributed by atoms with E-state index in [1.165, 1.54) is 16.6 Å². The molecule has 14 heavy (non-hydrogen) atoms. The molecule has 1 heterocycles. The van der Waals surface area contributed by atoms with E-state index in [1.54, 1.807) is 11.3 Å². The lowest BCUT2D eigenvalue weighted by atomic mass is 10.4. The van der Waals surface area contributed by atoms with Crippen LogP contribution in [0.2, 0.25) is 0 Å². The van der Waals surface area contributed by atoms with Crippen LogP contribution in [0.4, 0.5) is 0 Å². The number of aromatic nitrogens is 1. The Bertz CT molecular complexity index is 391. The molecule has 4 nitrogen and oxygen atoms in total. The average molecular weight is 252 g/mol. The van der Waals surface area contributed by atoms with E-state index in [0.717, 1.165) is 10.0 Å². The molecule has 0 unspecified atom stereocenters. The van der Waals surface area contributed by atoms with Crippen LogP contribution in [-0.2, 0) is 10.0 Å². The number of thiazole rings is 1. The van der Waals surface area contributed by atoms with Gasteiger partial charge in [0.2, 0.25) is 10.0 Å². The van der Waals surface area contributed by atoms with Crippen molar-refractivity contribution in [1.29, 1.82) is 0 Å². The molecule has 7 heteroatoms. The van der Waals surface area contributed by atoms with Crippen molar-refractivity contribution in [3.63, 3.8) is 0 Å². The van der Waals surface area contributed by atoms with Gasteiger partial charge in [-0.3, -0.25) is 0 Å². The summed E-state index contributed by atoms with van der Waals surface area (Å²) in [5.74, 6) is 0.459. The zero-order valence-electron chi connectivity index (χ0n) is 7.98. The molecule has 0 spiro atoms. The number of sulfonamides is 1. The summed E-state index contributed by atoms with van der Waals surface area (Å²) in [7, 11) is -3.34. The average Bonchev–Trinajstić information content (AvgIpc) is 2.28. The first kappa shape index (κ1) is 12.0. The van der Waals surface area contributed by atoms with E-state index in [1.807, 2.05) is 13.8 Å². The standard InChI is InChI=1S/C7H12N2O2S3/c1-5-6(2)13-7(9-5)12-3-4-14(8,10)11/h3-4H2,1-2H3,(H2,8,10,11). The van der Waals surface area contributed by atoms with Gasteiger partial charge < -0.3 is 0 Å². The molecule has 1 rings (SSSR count). The third-order valence-electron chi connectivity index (χ3n) is 1.60. The second-order valence-corrected chi connectivity index (χ2v) is 7.12. The van der Waals surface area contributed by atoms with Gasteiger partial charge >= 0.3 is 0 Å². The lowest BCUT2D eigenvalue weighted by molar-refractivity contribution is 0.599. The van der Waals surface area contributed by atoms with Gasteiger partial charge in [-0.05, 0) is 13.8 Å². The molecule has 0 amide bonds. The van der Waals surface area contributed by atoms with Gasteiger partial charge in [0.15, 0.2) is 0 Å². The molecule has 0 saturated heterocycles. The van der Waals surface area contributed by atoms with Gasteiger partial charge in [0.25, 0.3) is 0 Å². The van der Waals surface area contributed by atoms with Gasteiger partial charge in [0.05, 0.1) is 11.4 Å². The van der Waals surface area contributed by atoms with Crippen molar-refractivity contribution in [3.8, 4) is 0 Å². The predicted octanol–water partition coefficient (Wildman–Crippen LogP) is 1.14. The van der Waals surface area contributed by atoms with Crippen LogP contribution in [0.5, 0.6) is 0 Å². The molecule has 0 bridgehead atoms. The maximum atomic E-state index is 10.6. The summed E-state index contributed by atoms with van der Waals surface area (Å²) in [4.78, 5) is 5.45. The molecule has 1 aromatic heterocycles. The van der Waals surface area contributed by atoms with Gasteiger partial charge in [-0.1, -0.05) is 11.8 Å². The van der Waals surface area contributed by atoms with Crippen molar-refractivity contribution < 1.29 is 8.42 Å². The Morgan fingerprint density at radius 2 is 2.14 bits per heavy atom. The summed E-state index contributed by atoms with van der Waals surface area (Å²) in [6, 6.07) is 0. The van der Waals surface area contributed by atoms with Crippen LogP contribution in [-0.4, -0.2) is 24.9 Å². The zero-order valence-corrected chi connectivity index (χ0v) is 10.4. The van der Waals surface area contributed by atoms with E-state index in [0.29, 0.717) is 5.75 Å². The number of nitrogens with zero attached hydrogens (tertiary/aromatic N) is 1. The first-order valence-electron chi connectivity index (χ1n) is 3.96. The van der Waals surface area contributed by atoms with E-state index in [-0.39, 0.29) is 5.75 Å². The third kappa shape index (κ3) is 3.95. The molecular weight excluding hydrogens is 240 g/mol. The maximum Gasteiger partial charge on any atom is 0.209 e. The van der Waals surface area contributed by atoms with Crippen LogP contribution in [0.1, 0.15) is 10.6 Å². The quantitative estimate of drug-likeness (QED) is 0.816. The topological polar surface area (TPSA) is 73.0 Å². The van der Waals surface area contributed by atoms with E-state index in [4.69, 9.17) is 5.14 Å². The van der Waals surface area contributed by atoms with Crippen LogP contribution in [0.3, 0.4) is 0 Å². The molecule has 1 aromatic rings. The van der Waals surface area contributed by atoms with Crippen molar-refractivity contribution in [2.24, 2.45) is 5.14 Å². The van der Waals surface area contributed by atoms with Crippen molar-refractivity contribution in [2.45, 2.75) is 18.2 Å². The Morgan fingerprint density at radius 1 is 1.50 bits per heavy atom. The first-order chi connectivity index (χ1) is 6.38. The summed E-state index contributed by atoms with van der Waals surface area (Å²) >= 11 is 3.01. The number of hydrogen-bond donors (Lipinski definition) is 1. The summed E-state index contributed by atoms with van der Waals surface area (Å²) < 4.78 is 22.2. The van der Waals surface area contributed by atoms with Crippen LogP contribution < -0.4 is 5.14 Å². The molecule has 0 aromatic carbocycles. The lowest BCUT2D eigenvalue weighted by Crippen LogP contribution is -2.17. The van der Waals surface area contributed by atoms with Crippen LogP contribution in [0.15, 0.2) is 4.34 Å². The highest BCUT2D eigenvalue weighted by molar-refractivity contribution is 8.02. The van der Waals surface area contributed by atoms with Crippen LogP contribution in [0, 0.1) is 13.8 Å². The maximum absolute atomic E-state index is 10.6. The second kappa shape index (κ2) is 4.61. The molecule has 0 fully saturated rings. The summed E-state index contributed by atoms with van der Waals surface area (Å²) in [6.07, 6.45) is 0. The van der Waals surface area contributed by atoms with Crippen molar-refractivity contribution in [3.05, 3.63) is 10.6 Å². The second-order valence-electron chi connectivity index (χ2n) is 2.84. The number of aryl methyl sites for hydroxylation is 2. The molecule has 0 atom stereocenters. The number of hydrogen-bond acceptors (Lipinski definition) is 5. The number of rotatable bonds is 4.